The highest BCUT2D eigenvalue weighted by Gasteiger charge is 2.61. The second kappa shape index (κ2) is 3.26. The molecule has 0 N–H and O–H groups in total. The van der Waals surface area contributed by atoms with E-state index in [1.807, 2.05) is 27.7 Å². The third-order valence-corrected chi connectivity index (χ3v) is 7.64. The molecule has 1 aliphatic heterocycles. The first-order valence-corrected chi connectivity index (χ1v) is 8.04. The van der Waals surface area contributed by atoms with Crippen LogP contribution in [0.2, 0.25) is 0 Å². The lowest BCUT2D eigenvalue weighted by Crippen LogP contribution is -2.41. The number of hydrogen-bond acceptors (Lipinski definition) is 3. The molecule has 3 aliphatic rings. The van der Waals surface area contributed by atoms with E-state index in [-0.39, 0.29) is 5.66 Å². The van der Waals surface area contributed by atoms with Crippen LogP contribution in [-0.4, -0.2) is 16.9 Å². The zero-order valence-corrected chi connectivity index (χ0v) is 11.9. The average molecular weight is 256 g/mol. The van der Waals surface area contributed by atoms with Crippen LogP contribution in [-0.2, 0) is 13.6 Å². The van der Waals surface area contributed by atoms with Crippen LogP contribution >= 0.6 is 7.60 Å². The van der Waals surface area contributed by atoms with E-state index >= 15 is 0 Å². The van der Waals surface area contributed by atoms with E-state index in [2.05, 4.69) is 12.2 Å². The molecule has 4 heteroatoms. The molecular weight excluding hydrogens is 235 g/mol. The van der Waals surface area contributed by atoms with Crippen LogP contribution < -0.4 is 0 Å². The molecule has 1 heterocycles. The van der Waals surface area contributed by atoms with Gasteiger partial charge in [0.15, 0.2) is 0 Å². The van der Waals surface area contributed by atoms with Gasteiger partial charge in [-0.25, -0.2) is 0 Å². The van der Waals surface area contributed by atoms with Crippen molar-refractivity contribution in [1.82, 2.24) is 0 Å². The normalized spacial score (nSPS) is 44.4. The van der Waals surface area contributed by atoms with Gasteiger partial charge < -0.3 is 0 Å². The first-order chi connectivity index (χ1) is 7.74. The Labute approximate surface area is 103 Å². The zero-order chi connectivity index (χ0) is 12.5. The predicted molar refractivity (Wildman–Crippen MR) is 67.1 cm³/mol. The van der Waals surface area contributed by atoms with Gasteiger partial charge in [0.2, 0.25) is 0 Å². The van der Waals surface area contributed by atoms with Crippen molar-refractivity contribution in [3.63, 3.8) is 0 Å². The third-order valence-electron chi connectivity index (χ3n) is 4.81. The Bertz CT molecular complexity index is 404. The molecule has 3 rings (SSSR count). The molecule has 2 aliphatic carbocycles. The smallest absolute Gasteiger partial charge is 0.299 e. The summed E-state index contributed by atoms with van der Waals surface area (Å²) in [5.41, 5.74) is -0.874. The second-order valence-corrected chi connectivity index (χ2v) is 8.70. The number of rotatable bonds is 1. The van der Waals surface area contributed by atoms with Gasteiger partial charge in [0, 0.05) is 0 Å². The summed E-state index contributed by atoms with van der Waals surface area (Å²) in [7, 11) is -2.95. The fourth-order valence-corrected chi connectivity index (χ4v) is 6.36. The van der Waals surface area contributed by atoms with Gasteiger partial charge in [-0.3, -0.25) is 13.6 Å². The van der Waals surface area contributed by atoms with Gasteiger partial charge in [0.05, 0.1) is 5.66 Å². The van der Waals surface area contributed by atoms with Gasteiger partial charge in [-0.1, -0.05) is 12.2 Å². The summed E-state index contributed by atoms with van der Waals surface area (Å²) >= 11 is 0. The van der Waals surface area contributed by atoms with Crippen LogP contribution in [0.1, 0.15) is 40.5 Å². The molecule has 3 atom stereocenters. The van der Waals surface area contributed by atoms with E-state index in [1.54, 1.807) is 0 Å². The molecule has 3 nitrogen and oxygen atoms in total. The first-order valence-electron chi connectivity index (χ1n) is 6.43. The zero-order valence-electron chi connectivity index (χ0n) is 11.0. The van der Waals surface area contributed by atoms with E-state index in [9.17, 15) is 4.57 Å². The van der Waals surface area contributed by atoms with Crippen molar-refractivity contribution in [2.24, 2.45) is 11.8 Å². The van der Waals surface area contributed by atoms with Gasteiger partial charge in [-0.15, -0.1) is 0 Å². The maximum atomic E-state index is 13.0. The molecule has 17 heavy (non-hydrogen) atoms. The largest absolute Gasteiger partial charge is 0.335 e. The molecule has 0 aromatic carbocycles. The van der Waals surface area contributed by atoms with Gasteiger partial charge in [-0.2, -0.15) is 0 Å². The van der Waals surface area contributed by atoms with Crippen molar-refractivity contribution in [3.05, 3.63) is 12.2 Å². The summed E-state index contributed by atoms with van der Waals surface area (Å²) in [6.45, 7) is 7.87. The molecule has 0 amide bonds. The van der Waals surface area contributed by atoms with Gasteiger partial charge in [-0.05, 0) is 52.4 Å². The molecule has 0 spiro atoms. The molecular formula is C13H21O3P. The lowest BCUT2D eigenvalue weighted by Gasteiger charge is -2.29. The quantitative estimate of drug-likeness (QED) is 0.529. The van der Waals surface area contributed by atoms with Crippen molar-refractivity contribution in [2.45, 2.75) is 57.4 Å². The minimum absolute atomic E-state index is 0.0820. The van der Waals surface area contributed by atoms with Crippen molar-refractivity contribution in [1.29, 1.82) is 0 Å². The van der Waals surface area contributed by atoms with E-state index in [1.165, 1.54) is 0 Å². The Hall–Kier alpha value is -0.110. The Morgan fingerprint density at radius 2 is 1.65 bits per heavy atom. The third kappa shape index (κ3) is 1.59. The molecule has 1 saturated carbocycles. The molecule has 1 saturated heterocycles. The van der Waals surface area contributed by atoms with Gasteiger partial charge in [0.25, 0.3) is 0 Å². The molecule has 2 fully saturated rings. The van der Waals surface area contributed by atoms with Crippen LogP contribution in [0.3, 0.4) is 0 Å². The Balaban J connectivity index is 1.90. The fourth-order valence-electron chi connectivity index (χ4n) is 3.13. The highest BCUT2D eigenvalue weighted by Crippen LogP contribution is 2.71. The number of allylic oxidation sites excluding steroid dienone is 2. The van der Waals surface area contributed by atoms with E-state index in [0.717, 1.165) is 12.8 Å². The molecule has 0 aromatic rings. The summed E-state index contributed by atoms with van der Waals surface area (Å²) in [4.78, 5) is 0. The Morgan fingerprint density at radius 3 is 2.06 bits per heavy atom. The molecule has 96 valence electrons. The van der Waals surface area contributed by atoms with Crippen molar-refractivity contribution in [2.75, 3.05) is 0 Å². The van der Waals surface area contributed by atoms with Crippen molar-refractivity contribution < 1.29 is 13.6 Å². The van der Waals surface area contributed by atoms with E-state index in [0.29, 0.717) is 11.8 Å². The van der Waals surface area contributed by atoms with Crippen molar-refractivity contribution in [3.8, 4) is 0 Å². The van der Waals surface area contributed by atoms with Crippen LogP contribution in [0.15, 0.2) is 12.2 Å². The maximum absolute atomic E-state index is 13.0. The van der Waals surface area contributed by atoms with Crippen LogP contribution in [0.4, 0.5) is 0 Å². The lowest BCUT2D eigenvalue weighted by molar-refractivity contribution is 0.00578. The second-order valence-electron chi connectivity index (χ2n) is 6.59. The minimum Gasteiger partial charge on any atom is -0.299 e. The van der Waals surface area contributed by atoms with Crippen LogP contribution in [0.25, 0.3) is 0 Å². The van der Waals surface area contributed by atoms with Gasteiger partial charge >= 0.3 is 7.60 Å². The summed E-state index contributed by atoms with van der Waals surface area (Å²) in [5, 5.41) is 0. The van der Waals surface area contributed by atoms with Crippen LogP contribution in [0.5, 0.6) is 0 Å². The summed E-state index contributed by atoms with van der Waals surface area (Å²) in [6.07, 6.45) is 6.54. The van der Waals surface area contributed by atoms with E-state index in [4.69, 9.17) is 9.05 Å². The molecule has 0 aromatic heterocycles. The predicted octanol–water partition coefficient (Wildman–Crippen LogP) is 3.75. The standard InChI is InChI=1S/C13H21O3P/c1-12(2)13(3,4)16-17(14,15-12)11-8-9-5-6-10(11)7-9/h5-6,9-11H,7-8H2,1-4H3. The highest BCUT2D eigenvalue weighted by atomic mass is 31.2. The van der Waals surface area contributed by atoms with Crippen molar-refractivity contribution >= 4 is 7.60 Å². The molecule has 2 bridgehead atoms. The highest BCUT2D eigenvalue weighted by molar-refractivity contribution is 7.55. The Morgan fingerprint density at radius 1 is 1.06 bits per heavy atom. The summed E-state index contributed by atoms with van der Waals surface area (Å²) in [6, 6.07) is 0. The molecule has 3 unspecified atom stereocenters. The topological polar surface area (TPSA) is 35.5 Å². The lowest BCUT2D eigenvalue weighted by atomic mass is 9.90. The van der Waals surface area contributed by atoms with Crippen LogP contribution in [0, 0.1) is 11.8 Å². The number of fused-ring (bicyclic) bond motifs is 2. The average Bonchev–Trinajstić information content (AvgIpc) is 2.78. The summed E-state index contributed by atoms with van der Waals surface area (Å²) in [5.74, 6) is 0.991. The minimum atomic E-state index is -2.95. The van der Waals surface area contributed by atoms with E-state index < -0.39 is 18.8 Å². The maximum Gasteiger partial charge on any atom is 0.335 e. The fraction of sp³-hybridized carbons (Fsp3) is 0.846. The van der Waals surface area contributed by atoms with Gasteiger partial charge in [0.1, 0.15) is 11.2 Å². The Kier molecular flexibility index (Phi) is 2.29. The first kappa shape index (κ1) is 12.0. The summed E-state index contributed by atoms with van der Waals surface area (Å²) < 4.78 is 24.7. The SMILES string of the molecule is CC1(C)OP(=O)(C2CC3C=CC2C3)OC1(C)C. The monoisotopic (exact) mass is 256 g/mol. The number of hydrogen-bond donors (Lipinski definition) is 0. The molecule has 0 radical (unpaired) electrons.